The summed E-state index contributed by atoms with van der Waals surface area (Å²) in [6.45, 7) is 0.577. The minimum atomic E-state index is 0. The van der Waals surface area contributed by atoms with Crippen LogP contribution in [0.2, 0.25) is 5.02 Å². The maximum atomic E-state index is 6.10. The van der Waals surface area contributed by atoms with Gasteiger partial charge in [-0.3, -0.25) is 0 Å². The lowest BCUT2D eigenvalue weighted by Gasteiger charge is -2.02. The highest BCUT2D eigenvalue weighted by atomic mass is 35.5. The Morgan fingerprint density at radius 3 is 2.83 bits per heavy atom. The molecule has 0 unspecified atom stereocenters. The summed E-state index contributed by atoms with van der Waals surface area (Å²) in [6, 6.07) is 11.2. The second-order valence-electron chi connectivity index (χ2n) is 5.13. The molecule has 0 atom stereocenters. The fraction of sp³-hybridized carbons (Fsp3) is 0.125. The largest absolute Gasteiger partial charge is 1.00 e. The molecule has 1 aromatic carbocycles. The molecule has 0 fully saturated rings. The van der Waals surface area contributed by atoms with E-state index in [0.717, 1.165) is 5.56 Å². The van der Waals surface area contributed by atoms with Gasteiger partial charge >= 0.3 is 0 Å². The van der Waals surface area contributed by atoms with Crippen molar-refractivity contribution >= 4 is 28.8 Å². The molecule has 124 valence electrons. The van der Waals surface area contributed by atoms with Gasteiger partial charge in [0.1, 0.15) is 18.6 Å². The van der Waals surface area contributed by atoms with Gasteiger partial charge in [0.2, 0.25) is 0 Å². The summed E-state index contributed by atoms with van der Waals surface area (Å²) in [5, 5.41) is 13.2. The number of pyridine rings is 1. The summed E-state index contributed by atoms with van der Waals surface area (Å²) in [7, 11) is 1.97. The predicted molar refractivity (Wildman–Crippen MR) is 89.0 cm³/mol. The number of hydrogen-bond donors (Lipinski definition) is 1. The van der Waals surface area contributed by atoms with Gasteiger partial charge in [-0.15, -0.1) is 5.11 Å². The normalized spacial score (nSPS) is 10.8. The average Bonchev–Trinajstić information content (AvgIpc) is 2.86. The van der Waals surface area contributed by atoms with Crippen LogP contribution in [0.5, 0.6) is 0 Å². The Morgan fingerprint density at radius 1 is 1.25 bits per heavy atom. The smallest absolute Gasteiger partial charge is 0.173 e. The van der Waals surface area contributed by atoms with Crippen LogP contribution in [-0.2, 0) is 13.6 Å². The lowest BCUT2D eigenvalue weighted by molar-refractivity contribution is -0.671. The molecule has 0 aliphatic heterocycles. The van der Waals surface area contributed by atoms with Crippen molar-refractivity contribution in [1.29, 1.82) is 0 Å². The van der Waals surface area contributed by atoms with Crippen molar-refractivity contribution in [3.05, 3.63) is 65.6 Å². The van der Waals surface area contributed by atoms with E-state index in [-0.39, 0.29) is 12.4 Å². The zero-order valence-electron chi connectivity index (χ0n) is 13.0. The molecule has 0 bridgehead atoms. The summed E-state index contributed by atoms with van der Waals surface area (Å²) in [6.07, 6.45) is 5.60. The van der Waals surface area contributed by atoms with Gasteiger partial charge in [0.25, 0.3) is 0 Å². The van der Waals surface area contributed by atoms with E-state index in [1.165, 1.54) is 0 Å². The van der Waals surface area contributed by atoms with Crippen molar-refractivity contribution < 1.29 is 17.0 Å². The minimum absolute atomic E-state index is 0. The standard InChI is InChI=1S/C16H16ClN6.ClH/c1-22-7-3-4-12(10-22)11-23-16(18)15(9-19-23)21-20-14-6-2-5-13(17)8-14;/h2-10H,11,18H2,1H3;1H/q+1;/p-1. The number of anilines is 1. The molecule has 8 heteroatoms. The molecule has 3 rings (SSSR count). The molecule has 6 nitrogen and oxygen atoms in total. The van der Waals surface area contributed by atoms with E-state index in [1.54, 1.807) is 23.0 Å². The van der Waals surface area contributed by atoms with E-state index in [4.69, 9.17) is 17.3 Å². The number of hydrogen-bond acceptors (Lipinski definition) is 4. The fourth-order valence-corrected chi connectivity index (χ4v) is 2.34. The zero-order chi connectivity index (χ0) is 16.2. The molecule has 3 aromatic rings. The van der Waals surface area contributed by atoms with Crippen LogP contribution in [0.4, 0.5) is 17.2 Å². The highest BCUT2D eigenvalue weighted by Crippen LogP contribution is 2.25. The Labute approximate surface area is 151 Å². The third kappa shape index (κ3) is 4.31. The molecule has 0 spiro atoms. The molecule has 2 heterocycles. The second kappa shape index (κ2) is 7.90. The molecule has 0 radical (unpaired) electrons. The van der Waals surface area contributed by atoms with Gasteiger partial charge < -0.3 is 18.1 Å². The SMILES string of the molecule is C[n+]1cccc(Cn2ncc(N=Nc3cccc(Cl)c3)c2N)c1.[Cl-]. The fourth-order valence-electron chi connectivity index (χ4n) is 2.15. The Morgan fingerprint density at radius 2 is 2.08 bits per heavy atom. The maximum Gasteiger partial charge on any atom is 0.173 e. The first kappa shape index (κ1) is 17.9. The monoisotopic (exact) mass is 362 g/mol. The Kier molecular flexibility index (Phi) is 5.89. The molecule has 0 aliphatic rings. The molecule has 0 saturated heterocycles. The molecular weight excluding hydrogens is 347 g/mol. The molecule has 0 saturated carbocycles. The van der Waals surface area contributed by atoms with Gasteiger partial charge in [-0.1, -0.05) is 17.7 Å². The van der Waals surface area contributed by atoms with E-state index in [1.807, 2.05) is 48.3 Å². The van der Waals surface area contributed by atoms with E-state index < -0.39 is 0 Å². The van der Waals surface area contributed by atoms with Crippen molar-refractivity contribution in [2.75, 3.05) is 5.73 Å². The number of aryl methyl sites for hydroxylation is 1. The molecule has 2 aromatic heterocycles. The van der Waals surface area contributed by atoms with Crippen molar-refractivity contribution in [2.24, 2.45) is 17.3 Å². The predicted octanol–water partition coefficient (Wildman–Crippen LogP) is 0.411. The van der Waals surface area contributed by atoms with Gasteiger partial charge in [-0.25, -0.2) is 9.25 Å². The summed E-state index contributed by atoms with van der Waals surface area (Å²) in [5.74, 6) is 0.474. The highest BCUT2D eigenvalue weighted by molar-refractivity contribution is 6.30. The van der Waals surface area contributed by atoms with Gasteiger partial charge in [-0.2, -0.15) is 10.2 Å². The number of benzene rings is 1. The summed E-state index contributed by atoms with van der Waals surface area (Å²) in [4.78, 5) is 0. The van der Waals surface area contributed by atoms with Gasteiger partial charge in [0.05, 0.1) is 18.4 Å². The molecule has 0 amide bonds. The number of nitrogens with two attached hydrogens (primary N) is 1. The summed E-state index contributed by atoms with van der Waals surface area (Å²) < 4.78 is 3.68. The van der Waals surface area contributed by atoms with Crippen LogP contribution in [0.15, 0.2) is 65.2 Å². The molecule has 24 heavy (non-hydrogen) atoms. The molecular formula is C16H16Cl2N6. The Hall–Kier alpha value is -2.44. The number of nitrogens with zero attached hydrogens (tertiary/aromatic N) is 5. The van der Waals surface area contributed by atoms with E-state index in [9.17, 15) is 0 Å². The van der Waals surface area contributed by atoms with E-state index in [2.05, 4.69) is 15.3 Å². The number of aromatic nitrogens is 3. The molecule has 2 N–H and O–H groups in total. The van der Waals surface area contributed by atoms with E-state index >= 15 is 0 Å². The average molecular weight is 363 g/mol. The number of halogens is 2. The topological polar surface area (TPSA) is 72.4 Å². The maximum absolute atomic E-state index is 6.10. The lowest BCUT2D eigenvalue weighted by Crippen LogP contribution is -3.00. The van der Waals surface area contributed by atoms with Gasteiger partial charge in [-0.05, 0) is 24.3 Å². The first-order valence-corrected chi connectivity index (χ1v) is 7.42. The van der Waals surface area contributed by atoms with Crippen LogP contribution in [0.1, 0.15) is 5.56 Å². The van der Waals surface area contributed by atoms with E-state index in [0.29, 0.717) is 28.8 Å². The minimum Gasteiger partial charge on any atom is -1.00 e. The highest BCUT2D eigenvalue weighted by Gasteiger charge is 2.09. The zero-order valence-corrected chi connectivity index (χ0v) is 14.5. The number of nitrogen functional groups attached to an aromatic ring is 1. The third-order valence-electron chi connectivity index (χ3n) is 3.27. The summed E-state index contributed by atoms with van der Waals surface area (Å²) in [5.41, 5.74) is 8.40. The van der Waals surface area contributed by atoms with Gasteiger partial charge in [0.15, 0.2) is 12.4 Å². The van der Waals surface area contributed by atoms with Gasteiger partial charge in [0, 0.05) is 16.7 Å². The Bertz CT molecular complexity index is 859. The van der Waals surface area contributed by atoms with Crippen molar-refractivity contribution in [3.8, 4) is 0 Å². The first-order chi connectivity index (χ1) is 11.1. The number of azo groups is 1. The number of rotatable bonds is 4. The van der Waals surface area contributed by atoms with Crippen molar-refractivity contribution in [2.45, 2.75) is 6.54 Å². The van der Waals surface area contributed by atoms with Crippen LogP contribution < -0.4 is 22.7 Å². The van der Waals surface area contributed by atoms with Crippen LogP contribution in [-0.4, -0.2) is 9.78 Å². The van der Waals surface area contributed by atoms with Crippen molar-refractivity contribution in [3.63, 3.8) is 0 Å². The molecule has 0 aliphatic carbocycles. The van der Waals surface area contributed by atoms with Crippen LogP contribution >= 0.6 is 11.6 Å². The van der Waals surface area contributed by atoms with Crippen molar-refractivity contribution in [1.82, 2.24) is 9.78 Å². The van der Waals surface area contributed by atoms with Crippen LogP contribution in [0.3, 0.4) is 0 Å². The van der Waals surface area contributed by atoms with Crippen LogP contribution in [0.25, 0.3) is 0 Å². The lowest BCUT2D eigenvalue weighted by atomic mass is 10.3. The third-order valence-corrected chi connectivity index (χ3v) is 3.51. The Balaban J connectivity index is 0.00000208. The second-order valence-corrected chi connectivity index (χ2v) is 5.57. The first-order valence-electron chi connectivity index (χ1n) is 7.04. The quantitative estimate of drug-likeness (QED) is 0.539. The summed E-state index contributed by atoms with van der Waals surface area (Å²) >= 11 is 5.92. The van der Waals surface area contributed by atoms with Crippen LogP contribution in [0, 0.1) is 0 Å².